The molecule has 0 bridgehead atoms. The van der Waals surface area contributed by atoms with Crippen molar-refractivity contribution in [2.45, 2.75) is 20.9 Å². The van der Waals surface area contributed by atoms with Gasteiger partial charge in [-0.05, 0) is 12.1 Å². The fraction of sp³-hybridized carbons (Fsp3) is 0.258. The molecule has 9 heteroatoms. The van der Waals surface area contributed by atoms with Gasteiger partial charge in [-0.25, -0.2) is 0 Å². The third-order valence-electron chi connectivity index (χ3n) is 6.64. The summed E-state index contributed by atoms with van der Waals surface area (Å²) >= 11 is -1.19. The van der Waals surface area contributed by atoms with E-state index >= 15 is 0 Å². The fourth-order valence-electron chi connectivity index (χ4n) is 4.47. The van der Waals surface area contributed by atoms with Crippen molar-refractivity contribution in [1.82, 2.24) is 10.3 Å². The number of hydrogen-bond acceptors (Lipinski definition) is 7. The Kier molecular flexibility index (Phi) is 9.85. The predicted molar refractivity (Wildman–Crippen MR) is 161 cm³/mol. The van der Waals surface area contributed by atoms with Crippen molar-refractivity contribution < 1.29 is 19.0 Å². The maximum atomic E-state index is 13.3. The molecule has 0 saturated carbocycles. The average Bonchev–Trinajstić information content (AvgIpc) is 2.98. The normalized spacial score (nSPS) is 10.8. The van der Waals surface area contributed by atoms with Crippen LogP contribution in [0.25, 0.3) is 22.0 Å². The van der Waals surface area contributed by atoms with Gasteiger partial charge in [-0.15, -0.1) is 0 Å². The quantitative estimate of drug-likeness (QED) is 0.161. The van der Waals surface area contributed by atoms with Gasteiger partial charge in [0.05, 0.1) is 26.9 Å². The van der Waals surface area contributed by atoms with Crippen LogP contribution in [0.4, 0.5) is 5.69 Å². The van der Waals surface area contributed by atoms with E-state index < -0.39 is 25.7 Å². The number of benzene rings is 3. The van der Waals surface area contributed by atoms with Crippen LogP contribution in [0, 0.1) is 11.3 Å². The summed E-state index contributed by atoms with van der Waals surface area (Å²) < 4.78 is 17.5. The number of carbonyl (C=O) groups is 1. The van der Waals surface area contributed by atoms with E-state index in [-0.39, 0.29) is 5.56 Å². The summed E-state index contributed by atoms with van der Waals surface area (Å²) in [6, 6.07) is 19.6. The van der Waals surface area contributed by atoms with Gasteiger partial charge >= 0.3 is 139 Å². The van der Waals surface area contributed by atoms with Crippen LogP contribution in [0.2, 0.25) is 14.3 Å². The largest absolute Gasteiger partial charge is 0.493 e. The zero-order chi connectivity index (χ0) is 28.6. The van der Waals surface area contributed by atoms with Gasteiger partial charge < -0.3 is 19.5 Å². The zero-order valence-electron chi connectivity index (χ0n) is 23.5. The first-order valence-electron chi connectivity index (χ1n) is 13.1. The maximum absolute atomic E-state index is 13.3. The summed E-state index contributed by atoms with van der Waals surface area (Å²) in [5.74, 6) is 0.682. The van der Waals surface area contributed by atoms with Crippen LogP contribution in [0.1, 0.15) is 21.5 Å². The van der Waals surface area contributed by atoms with Crippen molar-refractivity contribution in [3.05, 3.63) is 77.5 Å². The summed E-state index contributed by atoms with van der Waals surface area (Å²) in [7, 11) is 4.48. The zero-order valence-corrected chi connectivity index (χ0v) is 26.8. The minimum Gasteiger partial charge on any atom is -0.493 e. The second kappa shape index (κ2) is 13.5. The molecule has 40 heavy (non-hydrogen) atoms. The SMILES string of the molecule is COc1cc(C(=O)Nc2c(C#N)cnc3cc(-c4cccc(CNC[CH2][SnH]([CH3])[CH3])c4)ccc23)cc(OC)c1OC. The first-order chi connectivity index (χ1) is 19.4. The van der Waals surface area contributed by atoms with E-state index in [0.717, 1.165) is 24.2 Å². The topological polar surface area (TPSA) is 106 Å². The third kappa shape index (κ3) is 6.66. The molecule has 1 amide bonds. The Hall–Kier alpha value is -3.81. The molecule has 3 aromatic carbocycles. The van der Waals surface area contributed by atoms with E-state index in [9.17, 15) is 10.1 Å². The van der Waals surface area contributed by atoms with Gasteiger partial charge in [0, 0.05) is 5.56 Å². The van der Waals surface area contributed by atoms with Gasteiger partial charge in [0.1, 0.15) is 6.07 Å². The number of amides is 1. The Morgan fingerprint density at radius 3 is 2.35 bits per heavy atom. The molecule has 206 valence electrons. The van der Waals surface area contributed by atoms with E-state index in [1.165, 1.54) is 37.5 Å². The number of nitriles is 1. The molecule has 0 atom stereocenters. The number of anilines is 1. The molecular formula is C31H34N4O4Sn. The fourth-order valence-corrected chi connectivity index (χ4v) is 6.71. The van der Waals surface area contributed by atoms with Crippen molar-refractivity contribution in [2.75, 3.05) is 33.2 Å². The summed E-state index contributed by atoms with van der Waals surface area (Å²) in [5.41, 5.74) is 4.94. The second-order valence-electron chi connectivity index (χ2n) is 9.82. The molecule has 1 heterocycles. The van der Waals surface area contributed by atoms with Crippen molar-refractivity contribution in [3.63, 3.8) is 0 Å². The van der Waals surface area contributed by atoms with Crippen LogP contribution in [0.15, 0.2) is 60.8 Å². The minimum absolute atomic E-state index is 0.264. The Morgan fingerprint density at radius 2 is 1.70 bits per heavy atom. The number of fused-ring (bicyclic) bond motifs is 1. The van der Waals surface area contributed by atoms with Crippen molar-refractivity contribution >= 4 is 42.3 Å². The number of rotatable bonds is 11. The average molecular weight is 645 g/mol. The maximum Gasteiger partial charge on any atom is 0.203 e. The van der Waals surface area contributed by atoms with Gasteiger partial charge in [-0.2, -0.15) is 5.26 Å². The van der Waals surface area contributed by atoms with E-state index in [2.05, 4.69) is 55.8 Å². The monoisotopic (exact) mass is 646 g/mol. The summed E-state index contributed by atoms with van der Waals surface area (Å²) in [5, 5.41) is 16.9. The van der Waals surface area contributed by atoms with Crippen LogP contribution < -0.4 is 24.8 Å². The van der Waals surface area contributed by atoms with E-state index in [1.54, 1.807) is 12.1 Å². The number of hydrogen-bond donors (Lipinski definition) is 2. The first-order valence-corrected chi connectivity index (χ1v) is 22.0. The predicted octanol–water partition coefficient (Wildman–Crippen LogP) is 5.63. The molecule has 0 unspecified atom stereocenters. The number of carbonyl (C=O) groups excluding carboxylic acids is 1. The number of nitrogens with one attached hydrogen (secondary N) is 2. The van der Waals surface area contributed by atoms with Gasteiger partial charge in [0.25, 0.3) is 5.91 Å². The van der Waals surface area contributed by atoms with Crippen molar-refractivity contribution in [2.24, 2.45) is 0 Å². The smallest absolute Gasteiger partial charge is 0.203 e. The summed E-state index contributed by atoms with van der Waals surface area (Å²) in [6.45, 7) is 1.91. The summed E-state index contributed by atoms with van der Waals surface area (Å²) in [4.78, 5) is 22.7. The molecule has 8 nitrogen and oxygen atoms in total. The molecule has 0 aliphatic carbocycles. The molecule has 0 spiro atoms. The molecule has 4 aromatic rings. The van der Waals surface area contributed by atoms with Gasteiger partial charge in [-0.3, -0.25) is 4.79 Å². The van der Waals surface area contributed by atoms with Gasteiger partial charge in [0.2, 0.25) is 5.75 Å². The number of nitrogens with zero attached hydrogens (tertiary/aromatic N) is 2. The van der Waals surface area contributed by atoms with Gasteiger partial charge in [-0.1, -0.05) is 0 Å². The molecule has 4 rings (SSSR count). The molecule has 2 N–H and O–H groups in total. The Labute approximate surface area is 242 Å². The molecule has 1 aromatic heterocycles. The standard InChI is InChI=1S/C29H27N4O4.2CH3.Sn.H/c1-5-31-16-18-7-6-8-19(11-18)20-9-10-23-24(12-20)32-17-22(15-30)27(23)33-29(34)21-13-25(35-2)28(37-4)26(14-21)36-3;;;;/h6-14,17,31H,1,5,16H2,2-4H3,(H,32,33,34);2*1H3;;. The molecular weight excluding hydrogens is 611 g/mol. The Morgan fingerprint density at radius 1 is 0.975 bits per heavy atom. The molecule has 0 aliphatic rings. The van der Waals surface area contributed by atoms with E-state index in [4.69, 9.17) is 14.2 Å². The number of pyridine rings is 1. The number of methoxy groups -OCH3 is 3. The van der Waals surface area contributed by atoms with Crippen LogP contribution >= 0.6 is 0 Å². The molecule has 0 radical (unpaired) electrons. The first kappa shape index (κ1) is 29.2. The third-order valence-corrected chi connectivity index (χ3v) is 10.8. The number of ether oxygens (including phenoxy) is 3. The van der Waals surface area contributed by atoms with Crippen molar-refractivity contribution in [3.8, 4) is 34.4 Å². The molecule has 0 fully saturated rings. The van der Waals surface area contributed by atoms with Gasteiger partial charge in [0.15, 0.2) is 11.5 Å². The molecule has 0 aliphatic heterocycles. The molecule has 0 saturated heterocycles. The number of aromatic nitrogens is 1. The summed E-state index contributed by atoms with van der Waals surface area (Å²) in [6.07, 6.45) is 1.48. The van der Waals surface area contributed by atoms with Crippen LogP contribution in [0.3, 0.4) is 0 Å². The van der Waals surface area contributed by atoms with Crippen molar-refractivity contribution in [1.29, 1.82) is 5.26 Å². The van der Waals surface area contributed by atoms with E-state index in [0.29, 0.717) is 39.4 Å². The minimum atomic E-state index is -1.19. The second-order valence-corrected chi connectivity index (χ2v) is 19.4. The van der Waals surface area contributed by atoms with E-state index in [1.807, 2.05) is 18.2 Å². The Balaban J connectivity index is 1.64. The van der Waals surface area contributed by atoms with Crippen LogP contribution in [0.5, 0.6) is 17.2 Å². The van der Waals surface area contributed by atoms with Crippen LogP contribution in [-0.2, 0) is 6.54 Å². The Bertz CT molecular complexity index is 1540. The van der Waals surface area contributed by atoms with Crippen LogP contribution in [-0.4, -0.2) is 58.5 Å².